The minimum atomic E-state index is -1.02. The summed E-state index contributed by atoms with van der Waals surface area (Å²) in [5, 5.41) is 12.3. The second-order valence-corrected chi connectivity index (χ2v) is 4.06. The van der Waals surface area contributed by atoms with E-state index in [1.807, 2.05) is 0 Å². The maximum Gasteiger partial charge on any atom is 0.338 e. The Balaban J connectivity index is 2.14. The van der Waals surface area contributed by atoms with Gasteiger partial charge in [-0.2, -0.15) is 9.49 Å². The Labute approximate surface area is 88.6 Å². The first-order chi connectivity index (χ1) is 7.15. The second-order valence-electron chi connectivity index (χ2n) is 2.94. The van der Waals surface area contributed by atoms with Crippen LogP contribution in [-0.4, -0.2) is 20.9 Å². The van der Waals surface area contributed by atoms with Crippen LogP contribution in [-0.2, 0) is 6.54 Å². The molecule has 0 radical (unpaired) electrons. The van der Waals surface area contributed by atoms with Crippen LogP contribution in [0.1, 0.15) is 15.2 Å². The van der Waals surface area contributed by atoms with Crippen LogP contribution >= 0.6 is 11.3 Å². The quantitative estimate of drug-likeness (QED) is 0.868. The zero-order valence-electron chi connectivity index (χ0n) is 7.55. The Morgan fingerprint density at radius 3 is 2.93 bits per heavy atom. The van der Waals surface area contributed by atoms with Gasteiger partial charge in [-0.3, -0.25) is 4.68 Å². The monoisotopic (exact) mass is 226 g/mol. The molecule has 0 unspecified atom stereocenters. The van der Waals surface area contributed by atoms with Crippen molar-refractivity contribution in [2.24, 2.45) is 0 Å². The van der Waals surface area contributed by atoms with Crippen molar-refractivity contribution in [1.82, 2.24) is 9.78 Å². The van der Waals surface area contributed by atoms with Crippen molar-refractivity contribution in [3.05, 3.63) is 40.1 Å². The number of rotatable bonds is 3. The highest BCUT2D eigenvalue weighted by molar-refractivity contribution is 7.10. The van der Waals surface area contributed by atoms with Crippen molar-refractivity contribution in [1.29, 1.82) is 0 Å². The fraction of sp³-hybridized carbons (Fsp3) is 0.111. The topological polar surface area (TPSA) is 55.1 Å². The van der Waals surface area contributed by atoms with Crippen LogP contribution in [0.5, 0.6) is 0 Å². The number of thiophene rings is 1. The van der Waals surface area contributed by atoms with E-state index in [0.717, 1.165) is 16.2 Å². The minimum Gasteiger partial charge on any atom is -0.478 e. The summed E-state index contributed by atoms with van der Waals surface area (Å²) in [6.45, 7) is 0.391. The SMILES string of the molecule is O=C(O)c1cnn(Cc2ccc(F)s2)c1. The Morgan fingerprint density at radius 2 is 2.40 bits per heavy atom. The normalized spacial score (nSPS) is 10.5. The summed E-state index contributed by atoms with van der Waals surface area (Å²) in [7, 11) is 0. The molecule has 15 heavy (non-hydrogen) atoms. The highest BCUT2D eigenvalue weighted by Gasteiger charge is 2.07. The minimum absolute atomic E-state index is 0.132. The van der Waals surface area contributed by atoms with E-state index in [1.165, 1.54) is 23.1 Å². The van der Waals surface area contributed by atoms with Crippen LogP contribution in [0.2, 0.25) is 0 Å². The number of aromatic carboxylic acids is 1. The lowest BCUT2D eigenvalue weighted by Crippen LogP contribution is -1.98. The first-order valence-electron chi connectivity index (χ1n) is 4.15. The van der Waals surface area contributed by atoms with Crippen LogP contribution in [0.15, 0.2) is 24.5 Å². The molecule has 0 amide bonds. The van der Waals surface area contributed by atoms with Crippen molar-refractivity contribution in [2.75, 3.05) is 0 Å². The lowest BCUT2D eigenvalue weighted by atomic mass is 10.4. The number of carboxylic acids is 1. The molecular formula is C9H7FN2O2S. The number of aromatic nitrogens is 2. The van der Waals surface area contributed by atoms with Crippen LogP contribution in [0.25, 0.3) is 0 Å². The van der Waals surface area contributed by atoms with Gasteiger partial charge in [-0.05, 0) is 12.1 Å². The zero-order valence-corrected chi connectivity index (χ0v) is 8.37. The third-order valence-electron chi connectivity index (χ3n) is 1.83. The predicted octanol–water partition coefficient (Wildman–Crippen LogP) is 1.83. The zero-order chi connectivity index (χ0) is 10.8. The molecule has 0 aliphatic carbocycles. The molecule has 0 saturated carbocycles. The molecule has 0 bridgehead atoms. The molecule has 2 rings (SSSR count). The summed E-state index contributed by atoms with van der Waals surface area (Å²) in [4.78, 5) is 11.4. The van der Waals surface area contributed by atoms with Crippen LogP contribution in [0.4, 0.5) is 4.39 Å². The van der Waals surface area contributed by atoms with Gasteiger partial charge < -0.3 is 5.11 Å². The number of halogens is 1. The van der Waals surface area contributed by atoms with Crippen molar-refractivity contribution >= 4 is 17.3 Å². The fourth-order valence-corrected chi connectivity index (χ4v) is 1.88. The number of nitrogens with zero attached hydrogens (tertiary/aromatic N) is 2. The molecule has 4 nitrogen and oxygen atoms in total. The van der Waals surface area contributed by atoms with Gasteiger partial charge in [0.2, 0.25) is 0 Å². The lowest BCUT2D eigenvalue weighted by Gasteiger charge is -1.96. The third kappa shape index (κ3) is 2.21. The average Bonchev–Trinajstić information content (AvgIpc) is 2.76. The second kappa shape index (κ2) is 3.82. The van der Waals surface area contributed by atoms with Crippen LogP contribution in [0, 0.1) is 5.13 Å². The molecule has 2 aromatic heterocycles. The molecule has 2 aromatic rings. The molecule has 0 aromatic carbocycles. The van der Waals surface area contributed by atoms with E-state index in [2.05, 4.69) is 5.10 Å². The number of hydrogen-bond acceptors (Lipinski definition) is 3. The highest BCUT2D eigenvalue weighted by Crippen LogP contribution is 2.15. The van der Waals surface area contributed by atoms with Crippen molar-refractivity contribution in [2.45, 2.75) is 6.54 Å². The summed E-state index contributed by atoms with van der Waals surface area (Å²) in [6, 6.07) is 3.03. The van der Waals surface area contributed by atoms with E-state index in [0.29, 0.717) is 6.54 Å². The van der Waals surface area contributed by atoms with E-state index in [1.54, 1.807) is 6.07 Å². The molecule has 2 heterocycles. The van der Waals surface area contributed by atoms with E-state index in [-0.39, 0.29) is 10.7 Å². The maximum absolute atomic E-state index is 12.7. The molecule has 1 N–H and O–H groups in total. The highest BCUT2D eigenvalue weighted by atomic mass is 32.1. The summed E-state index contributed by atoms with van der Waals surface area (Å²) in [5.41, 5.74) is 0.132. The van der Waals surface area contributed by atoms with Crippen molar-refractivity contribution in [3.63, 3.8) is 0 Å². The van der Waals surface area contributed by atoms with Gasteiger partial charge in [0.25, 0.3) is 0 Å². The molecule has 78 valence electrons. The molecular weight excluding hydrogens is 219 g/mol. The van der Waals surface area contributed by atoms with Crippen LogP contribution in [0.3, 0.4) is 0 Å². The standard InChI is InChI=1S/C9H7FN2O2S/c10-8-2-1-7(15-8)5-12-4-6(3-11-12)9(13)14/h1-4H,5H2,(H,13,14). The maximum atomic E-state index is 12.7. The molecule has 0 atom stereocenters. The largest absolute Gasteiger partial charge is 0.478 e. The van der Waals surface area contributed by atoms with Gasteiger partial charge >= 0.3 is 5.97 Å². The summed E-state index contributed by atoms with van der Waals surface area (Å²) >= 11 is 1.03. The average molecular weight is 226 g/mol. The molecule has 0 saturated heterocycles. The lowest BCUT2D eigenvalue weighted by molar-refractivity contribution is 0.0697. The molecule has 0 aliphatic heterocycles. The molecule has 0 spiro atoms. The molecule has 0 fully saturated rings. The van der Waals surface area contributed by atoms with Gasteiger partial charge in [-0.25, -0.2) is 4.79 Å². The number of carboxylic acid groups (broad SMARTS) is 1. The van der Waals surface area contributed by atoms with Gasteiger partial charge in [-0.15, -0.1) is 11.3 Å². The summed E-state index contributed by atoms with van der Waals surface area (Å²) in [6.07, 6.45) is 2.69. The van der Waals surface area contributed by atoms with Gasteiger partial charge in [0, 0.05) is 11.1 Å². The van der Waals surface area contributed by atoms with Gasteiger partial charge in [0.05, 0.1) is 18.3 Å². The Kier molecular flexibility index (Phi) is 2.51. The summed E-state index contributed by atoms with van der Waals surface area (Å²) < 4.78 is 14.1. The Hall–Kier alpha value is -1.69. The predicted molar refractivity (Wildman–Crippen MR) is 52.6 cm³/mol. The van der Waals surface area contributed by atoms with Crippen molar-refractivity contribution in [3.8, 4) is 0 Å². The van der Waals surface area contributed by atoms with E-state index in [4.69, 9.17) is 5.11 Å². The van der Waals surface area contributed by atoms with E-state index in [9.17, 15) is 9.18 Å². The van der Waals surface area contributed by atoms with Crippen LogP contribution < -0.4 is 0 Å². The first kappa shape index (κ1) is 9.85. The smallest absolute Gasteiger partial charge is 0.338 e. The first-order valence-corrected chi connectivity index (χ1v) is 4.97. The number of hydrogen-bond donors (Lipinski definition) is 1. The Morgan fingerprint density at radius 1 is 1.60 bits per heavy atom. The summed E-state index contributed by atoms with van der Waals surface area (Å²) in [5.74, 6) is -1.02. The van der Waals surface area contributed by atoms with E-state index >= 15 is 0 Å². The van der Waals surface area contributed by atoms with Gasteiger partial charge in [0.15, 0.2) is 5.13 Å². The van der Waals surface area contributed by atoms with Gasteiger partial charge in [-0.1, -0.05) is 0 Å². The van der Waals surface area contributed by atoms with Crippen molar-refractivity contribution < 1.29 is 14.3 Å². The van der Waals surface area contributed by atoms with E-state index < -0.39 is 5.97 Å². The molecule has 0 aliphatic rings. The number of carbonyl (C=O) groups is 1. The Bertz CT molecular complexity index is 492. The van der Waals surface area contributed by atoms with Gasteiger partial charge in [0.1, 0.15) is 0 Å². The third-order valence-corrected chi connectivity index (χ3v) is 2.69. The fourth-order valence-electron chi connectivity index (χ4n) is 1.16. The molecule has 6 heteroatoms.